The van der Waals surface area contributed by atoms with Crippen LogP contribution in [0.25, 0.3) is 0 Å². The lowest BCUT2D eigenvalue weighted by Crippen LogP contribution is -2.04. The number of rotatable bonds is 4. The van der Waals surface area contributed by atoms with Gasteiger partial charge in [0.15, 0.2) is 0 Å². The third kappa shape index (κ3) is 3.46. The quantitative estimate of drug-likeness (QED) is 0.632. The van der Waals surface area contributed by atoms with Gasteiger partial charge in [-0.15, -0.1) is 0 Å². The number of anilines is 1. The van der Waals surface area contributed by atoms with E-state index in [1.807, 2.05) is 0 Å². The van der Waals surface area contributed by atoms with E-state index in [4.69, 9.17) is 11.6 Å². The van der Waals surface area contributed by atoms with Crippen LogP contribution in [0.15, 0.2) is 40.9 Å². The highest BCUT2D eigenvalue weighted by molar-refractivity contribution is 9.10. The topological polar surface area (TPSA) is 55.2 Å². The molecule has 7 heteroatoms. The van der Waals surface area contributed by atoms with Crippen LogP contribution in [0.3, 0.4) is 0 Å². The first-order valence-electron chi connectivity index (χ1n) is 5.59. The molecule has 0 saturated carbocycles. The van der Waals surface area contributed by atoms with Crippen LogP contribution < -0.4 is 5.32 Å². The second kappa shape index (κ2) is 6.19. The zero-order chi connectivity index (χ0) is 14.7. The van der Waals surface area contributed by atoms with Crippen LogP contribution in [0.1, 0.15) is 5.56 Å². The Kier molecular flexibility index (Phi) is 4.57. The summed E-state index contributed by atoms with van der Waals surface area (Å²) in [6.45, 7) is 0.133. The van der Waals surface area contributed by atoms with Gasteiger partial charge < -0.3 is 5.32 Å². The molecule has 0 heterocycles. The van der Waals surface area contributed by atoms with Crippen molar-refractivity contribution in [2.45, 2.75) is 6.54 Å². The lowest BCUT2D eigenvalue weighted by molar-refractivity contribution is -0.385. The molecule has 20 heavy (non-hydrogen) atoms. The fourth-order valence-corrected chi connectivity index (χ4v) is 2.52. The molecule has 0 radical (unpaired) electrons. The van der Waals surface area contributed by atoms with Gasteiger partial charge in [0.05, 0.1) is 10.5 Å². The van der Waals surface area contributed by atoms with Gasteiger partial charge in [-0.25, -0.2) is 4.39 Å². The van der Waals surface area contributed by atoms with E-state index < -0.39 is 10.7 Å². The Balaban J connectivity index is 2.22. The highest BCUT2D eigenvalue weighted by Gasteiger charge is 2.14. The average Bonchev–Trinajstić information content (AvgIpc) is 2.37. The Morgan fingerprint density at radius 2 is 2.05 bits per heavy atom. The highest BCUT2D eigenvalue weighted by Crippen LogP contribution is 2.27. The number of nitro groups is 1. The molecule has 4 nitrogen and oxygen atoms in total. The van der Waals surface area contributed by atoms with Crippen molar-refractivity contribution < 1.29 is 9.31 Å². The molecule has 2 aromatic rings. The Bertz CT molecular complexity index is 667. The van der Waals surface area contributed by atoms with Crippen molar-refractivity contribution in [3.63, 3.8) is 0 Å². The van der Waals surface area contributed by atoms with E-state index in [-0.39, 0.29) is 17.8 Å². The summed E-state index contributed by atoms with van der Waals surface area (Å²) in [6.07, 6.45) is 0. The van der Waals surface area contributed by atoms with Crippen molar-refractivity contribution in [1.82, 2.24) is 0 Å². The molecule has 0 aliphatic rings. The molecule has 2 aromatic carbocycles. The molecule has 0 spiro atoms. The van der Waals surface area contributed by atoms with E-state index in [1.54, 1.807) is 18.2 Å². The van der Waals surface area contributed by atoms with Gasteiger partial charge in [-0.05, 0) is 46.3 Å². The van der Waals surface area contributed by atoms with Gasteiger partial charge in [0.1, 0.15) is 5.82 Å². The number of halogens is 3. The molecular formula is C13H9BrClFN2O2. The molecule has 104 valence electrons. The van der Waals surface area contributed by atoms with E-state index in [2.05, 4.69) is 21.2 Å². The van der Waals surface area contributed by atoms with Crippen molar-refractivity contribution in [1.29, 1.82) is 0 Å². The minimum absolute atomic E-state index is 0.121. The van der Waals surface area contributed by atoms with Gasteiger partial charge in [-0.2, -0.15) is 0 Å². The number of hydrogen-bond donors (Lipinski definition) is 1. The van der Waals surface area contributed by atoms with Crippen LogP contribution in [0.5, 0.6) is 0 Å². The second-order valence-corrected chi connectivity index (χ2v) is 5.30. The number of nitrogens with zero attached hydrogens (tertiary/aromatic N) is 1. The molecule has 0 aliphatic carbocycles. The van der Waals surface area contributed by atoms with Gasteiger partial charge >= 0.3 is 0 Å². The Morgan fingerprint density at radius 1 is 1.30 bits per heavy atom. The van der Waals surface area contributed by atoms with Crippen molar-refractivity contribution in [3.8, 4) is 0 Å². The van der Waals surface area contributed by atoms with Gasteiger partial charge in [0, 0.05) is 27.8 Å². The molecule has 0 atom stereocenters. The molecule has 2 rings (SSSR count). The Hall–Kier alpha value is -1.66. The number of nitrogens with one attached hydrogen (secondary N) is 1. The smallest absolute Gasteiger partial charge is 0.274 e. The van der Waals surface area contributed by atoms with Crippen LogP contribution in [0.4, 0.5) is 15.8 Å². The van der Waals surface area contributed by atoms with Crippen molar-refractivity contribution in [3.05, 3.63) is 67.4 Å². The van der Waals surface area contributed by atoms with Crippen LogP contribution in [0, 0.1) is 15.9 Å². The third-order valence-electron chi connectivity index (χ3n) is 2.64. The Labute approximate surface area is 127 Å². The monoisotopic (exact) mass is 358 g/mol. The Morgan fingerprint density at radius 3 is 2.70 bits per heavy atom. The molecule has 0 aromatic heterocycles. The molecule has 1 N–H and O–H groups in total. The summed E-state index contributed by atoms with van der Waals surface area (Å²) in [5, 5.41) is 14.5. The van der Waals surface area contributed by atoms with E-state index in [1.165, 1.54) is 0 Å². The molecular weight excluding hydrogens is 351 g/mol. The van der Waals surface area contributed by atoms with Gasteiger partial charge in [-0.3, -0.25) is 10.1 Å². The number of nitro benzene ring substituents is 1. The minimum Gasteiger partial charge on any atom is -0.380 e. The summed E-state index contributed by atoms with van der Waals surface area (Å²) >= 11 is 9.15. The summed E-state index contributed by atoms with van der Waals surface area (Å²) in [5.41, 5.74) is 0.869. The van der Waals surface area contributed by atoms with Crippen molar-refractivity contribution in [2.75, 3.05) is 5.32 Å². The van der Waals surface area contributed by atoms with Crippen LogP contribution >= 0.6 is 27.5 Å². The lowest BCUT2D eigenvalue weighted by atomic mass is 10.1. The SMILES string of the molecule is O=[N+]([O-])c1ccc(F)cc1CNc1ccc(Cl)cc1Br. The fraction of sp³-hybridized carbons (Fsp3) is 0.0769. The molecule has 0 amide bonds. The molecule has 0 saturated heterocycles. The molecule has 0 bridgehead atoms. The van der Waals surface area contributed by atoms with E-state index >= 15 is 0 Å². The summed E-state index contributed by atoms with van der Waals surface area (Å²) in [7, 11) is 0. The average molecular weight is 360 g/mol. The maximum Gasteiger partial charge on any atom is 0.274 e. The highest BCUT2D eigenvalue weighted by atomic mass is 79.9. The fourth-order valence-electron chi connectivity index (χ4n) is 1.70. The first-order valence-corrected chi connectivity index (χ1v) is 6.76. The van der Waals surface area contributed by atoms with Crippen LogP contribution in [0.2, 0.25) is 5.02 Å². The van der Waals surface area contributed by atoms with Gasteiger partial charge in [0.2, 0.25) is 0 Å². The molecule has 0 fully saturated rings. The van der Waals surface area contributed by atoms with Crippen LogP contribution in [-0.4, -0.2) is 4.92 Å². The zero-order valence-corrected chi connectivity index (χ0v) is 12.4. The maximum atomic E-state index is 13.2. The predicted octanol–water partition coefficient (Wildman–Crippen LogP) is 4.76. The van der Waals surface area contributed by atoms with Gasteiger partial charge in [-0.1, -0.05) is 11.6 Å². The summed E-state index contributed by atoms with van der Waals surface area (Å²) in [5.74, 6) is -0.512. The minimum atomic E-state index is -0.534. The second-order valence-electron chi connectivity index (χ2n) is 4.01. The first kappa shape index (κ1) is 14.7. The summed E-state index contributed by atoms with van der Waals surface area (Å²) < 4.78 is 13.9. The normalized spacial score (nSPS) is 10.3. The lowest BCUT2D eigenvalue weighted by Gasteiger charge is -2.09. The van der Waals surface area contributed by atoms with Gasteiger partial charge in [0.25, 0.3) is 5.69 Å². The molecule has 0 unspecified atom stereocenters. The molecule has 0 aliphatic heterocycles. The summed E-state index contributed by atoms with van der Waals surface area (Å²) in [6, 6.07) is 8.49. The number of benzene rings is 2. The van der Waals surface area contributed by atoms with E-state index in [0.717, 1.165) is 22.7 Å². The van der Waals surface area contributed by atoms with E-state index in [9.17, 15) is 14.5 Å². The van der Waals surface area contributed by atoms with Crippen molar-refractivity contribution in [2.24, 2.45) is 0 Å². The van der Waals surface area contributed by atoms with Crippen LogP contribution in [-0.2, 0) is 6.54 Å². The van der Waals surface area contributed by atoms with Crippen molar-refractivity contribution >= 4 is 38.9 Å². The van der Waals surface area contributed by atoms with E-state index in [0.29, 0.717) is 10.7 Å². The zero-order valence-electron chi connectivity index (χ0n) is 10.1. The predicted molar refractivity (Wildman–Crippen MR) is 79.5 cm³/mol. The standard InChI is InChI=1S/C13H9BrClFN2O2/c14-11-6-9(15)1-3-12(11)17-7-8-5-10(16)2-4-13(8)18(19)20/h1-6,17H,7H2. The largest absolute Gasteiger partial charge is 0.380 e. The summed E-state index contributed by atoms with van der Waals surface area (Å²) in [4.78, 5) is 10.4. The first-order chi connectivity index (χ1) is 9.47. The third-order valence-corrected chi connectivity index (χ3v) is 3.53. The maximum absolute atomic E-state index is 13.2. The number of hydrogen-bond acceptors (Lipinski definition) is 3.